The van der Waals surface area contributed by atoms with Crippen molar-refractivity contribution in [2.75, 3.05) is 10.6 Å². The lowest BCUT2D eigenvalue weighted by Gasteiger charge is -2.09. The molecule has 0 aliphatic heterocycles. The number of hydrogen-bond donors (Lipinski definition) is 2. The van der Waals surface area contributed by atoms with E-state index in [9.17, 15) is 9.18 Å². The summed E-state index contributed by atoms with van der Waals surface area (Å²) in [6.07, 6.45) is 0. The van der Waals surface area contributed by atoms with Crippen LogP contribution in [0, 0.1) is 19.7 Å². The number of nitrogens with one attached hydrogen (secondary N) is 2. The molecule has 3 rings (SSSR count). The lowest BCUT2D eigenvalue weighted by molar-refractivity contribution is 0.262. The van der Waals surface area contributed by atoms with Crippen molar-refractivity contribution in [3.05, 3.63) is 76.3 Å². The van der Waals surface area contributed by atoms with Crippen molar-refractivity contribution in [1.29, 1.82) is 0 Å². The standard InChI is InChI=1S/C19H18ClFN4O/c1-12-18(23-19(26)22-16-8-5-7-15(21)10-16)13(2)25(24-12)11-14-6-3-4-9-17(14)20/h3-10H,11H2,1-2H3,(H2,22,23,26). The highest BCUT2D eigenvalue weighted by atomic mass is 35.5. The van der Waals surface area contributed by atoms with Crippen molar-refractivity contribution in [3.8, 4) is 0 Å². The van der Waals surface area contributed by atoms with Crippen LogP contribution < -0.4 is 10.6 Å². The smallest absolute Gasteiger partial charge is 0.308 e. The monoisotopic (exact) mass is 372 g/mol. The van der Waals surface area contributed by atoms with E-state index in [2.05, 4.69) is 15.7 Å². The molecule has 0 radical (unpaired) electrons. The number of halogens is 2. The van der Waals surface area contributed by atoms with Crippen LogP contribution in [0.15, 0.2) is 48.5 Å². The zero-order chi connectivity index (χ0) is 18.7. The van der Waals surface area contributed by atoms with Gasteiger partial charge in [-0.3, -0.25) is 4.68 Å². The molecule has 1 heterocycles. The predicted octanol–water partition coefficient (Wildman–Crippen LogP) is 4.98. The molecule has 2 N–H and O–H groups in total. The van der Waals surface area contributed by atoms with Gasteiger partial charge >= 0.3 is 6.03 Å². The average molecular weight is 373 g/mol. The number of hydrogen-bond acceptors (Lipinski definition) is 2. The molecule has 0 saturated heterocycles. The number of carbonyl (C=O) groups is 1. The van der Waals surface area contributed by atoms with Crippen molar-refractivity contribution >= 4 is 29.0 Å². The van der Waals surface area contributed by atoms with Crippen LogP contribution in [0.4, 0.5) is 20.6 Å². The summed E-state index contributed by atoms with van der Waals surface area (Å²) in [5.41, 5.74) is 3.42. The van der Waals surface area contributed by atoms with Crippen LogP contribution in [0.25, 0.3) is 0 Å². The minimum absolute atomic E-state index is 0.376. The van der Waals surface area contributed by atoms with Gasteiger partial charge in [0, 0.05) is 10.7 Å². The summed E-state index contributed by atoms with van der Waals surface area (Å²) >= 11 is 6.21. The SMILES string of the molecule is Cc1nn(Cc2ccccc2Cl)c(C)c1NC(=O)Nc1cccc(F)c1. The summed E-state index contributed by atoms with van der Waals surface area (Å²) in [6.45, 7) is 4.18. The molecule has 2 aromatic carbocycles. The molecule has 3 aromatic rings. The van der Waals surface area contributed by atoms with E-state index in [1.807, 2.05) is 38.1 Å². The molecular weight excluding hydrogens is 355 g/mol. The second-order valence-corrected chi connectivity index (χ2v) is 6.29. The van der Waals surface area contributed by atoms with Crippen LogP contribution in [-0.2, 0) is 6.54 Å². The van der Waals surface area contributed by atoms with Gasteiger partial charge in [-0.25, -0.2) is 9.18 Å². The minimum atomic E-state index is -0.459. The fourth-order valence-corrected chi connectivity index (χ4v) is 2.86. The molecular formula is C19H18ClFN4O. The molecule has 2 amide bonds. The van der Waals surface area contributed by atoms with E-state index in [-0.39, 0.29) is 0 Å². The molecule has 26 heavy (non-hydrogen) atoms. The maximum atomic E-state index is 13.2. The highest BCUT2D eigenvalue weighted by Gasteiger charge is 2.15. The number of benzene rings is 2. The van der Waals surface area contributed by atoms with Crippen molar-refractivity contribution in [2.45, 2.75) is 20.4 Å². The van der Waals surface area contributed by atoms with Gasteiger partial charge in [0.25, 0.3) is 0 Å². The number of urea groups is 1. The molecule has 0 fully saturated rings. The van der Waals surface area contributed by atoms with Crippen LogP contribution in [0.5, 0.6) is 0 Å². The van der Waals surface area contributed by atoms with Gasteiger partial charge in [-0.1, -0.05) is 35.9 Å². The van der Waals surface area contributed by atoms with Crippen molar-refractivity contribution < 1.29 is 9.18 Å². The topological polar surface area (TPSA) is 59.0 Å². The molecule has 0 saturated carbocycles. The Hall–Kier alpha value is -2.86. The zero-order valence-electron chi connectivity index (χ0n) is 14.4. The Balaban J connectivity index is 1.75. The first kappa shape index (κ1) is 17.9. The number of anilines is 2. The number of carbonyl (C=O) groups excluding carboxylic acids is 1. The fourth-order valence-electron chi connectivity index (χ4n) is 2.66. The van der Waals surface area contributed by atoms with Crippen molar-refractivity contribution in [2.24, 2.45) is 0 Å². The van der Waals surface area contributed by atoms with Crippen LogP contribution in [0.2, 0.25) is 5.02 Å². The molecule has 0 bridgehead atoms. The van der Waals surface area contributed by atoms with Gasteiger partial charge in [0.2, 0.25) is 0 Å². The van der Waals surface area contributed by atoms with Gasteiger partial charge in [-0.15, -0.1) is 0 Å². The summed E-state index contributed by atoms with van der Waals surface area (Å²) in [7, 11) is 0. The Kier molecular flexibility index (Phi) is 5.23. The molecule has 1 aromatic heterocycles. The van der Waals surface area contributed by atoms with Gasteiger partial charge in [0.05, 0.1) is 23.6 Å². The number of aromatic nitrogens is 2. The molecule has 0 aliphatic carbocycles. The van der Waals surface area contributed by atoms with E-state index in [1.54, 1.807) is 10.7 Å². The van der Waals surface area contributed by atoms with Gasteiger partial charge in [-0.05, 0) is 43.7 Å². The van der Waals surface area contributed by atoms with Crippen LogP contribution >= 0.6 is 11.6 Å². The first-order valence-electron chi connectivity index (χ1n) is 8.05. The number of rotatable bonds is 4. The zero-order valence-corrected chi connectivity index (χ0v) is 15.1. The molecule has 0 spiro atoms. The highest BCUT2D eigenvalue weighted by molar-refractivity contribution is 6.31. The predicted molar refractivity (Wildman–Crippen MR) is 101 cm³/mol. The van der Waals surface area contributed by atoms with E-state index < -0.39 is 11.8 Å². The summed E-state index contributed by atoms with van der Waals surface area (Å²) in [6, 6.07) is 12.8. The maximum Gasteiger partial charge on any atom is 0.323 e. The average Bonchev–Trinajstić information content (AvgIpc) is 2.84. The van der Waals surface area contributed by atoms with E-state index in [4.69, 9.17) is 11.6 Å². The minimum Gasteiger partial charge on any atom is -0.308 e. The maximum absolute atomic E-state index is 13.2. The van der Waals surface area contributed by atoms with Crippen LogP contribution in [0.1, 0.15) is 17.0 Å². The number of nitrogens with zero attached hydrogens (tertiary/aromatic N) is 2. The lowest BCUT2D eigenvalue weighted by atomic mass is 10.2. The third kappa shape index (κ3) is 4.03. The molecule has 0 unspecified atom stereocenters. The van der Waals surface area contributed by atoms with E-state index in [0.29, 0.717) is 28.6 Å². The molecule has 0 atom stereocenters. The lowest BCUT2D eigenvalue weighted by Crippen LogP contribution is -2.20. The Morgan fingerprint density at radius 2 is 1.92 bits per heavy atom. The number of aryl methyl sites for hydroxylation is 1. The fraction of sp³-hybridized carbons (Fsp3) is 0.158. The molecule has 7 heteroatoms. The number of amides is 2. The summed E-state index contributed by atoms with van der Waals surface area (Å²) < 4.78 is 15.0. The summed E-state index contributed by atoms with van der Waals surface area (Å²) in [4.78, 5) is 12.2. The third-order valence-electron chi connectivity index (χ3n) is 3.98. The molecule has 5 nitrogen and oxygen atoms in total. The highest BCUT2D eigenvalue weighted by Crippen LogP contribution is 2.23. The Morgan fingerprint density at radius 3 is 2.65 bits per heavy atom. The normalized spacial score (nSPS) is 10.6. The summed E-state index contributed by atoms with van der Waals surface area (Å²) in [5.74, 6) is -0.414. The van der Waals surface area contributed by atoms with Crippen LogP contribution in [-0.4, -0.2) is 15.8 Å². The van der Waals surface area contributed by atoms with Gasteiger partial charge in [0.1, 0.15) is 5.82 Å². The summed E-state index contributed by atoms with van der Waals surface area (Å²) in [5, 5.41) is 10.5. The first-order valence-corrected chi connectivity index (χ1v) is 8.43. The van der Waals surface area contributed by atoms with E-state index in [0.717, 1.165) is 11.3 Å². The van der Waals surface area contributed by atoms with Crippen LogP contribution in [0.3, 0.4) is 0 Å². The van der Waals surface area contributed by atoms with Gasteiger partial charge < -0.3 is 10.6 Å². The third-order valence-corrected chi connectivity index (χ3v) is 4.35. The Labute approximate surface area is 155 Å². The second kappa shape index (κ2) is 7.58. The largest absolute Gasteiger partial charge is 0.323 e. The van der Waals surface area contributed by atoms with E-state index in [1.165, 1.54) is 18.2 Å². The quantitative estimate of drug-likeness (QED) is 0.678. The van der Waals surface area contributed by atoms with Crippen molar-refractivity contribution in [3.63, 3.8) is 0 Å². The Bertz CT molecular complexity index is 954. The molecule has 0 aliphatic rings. The Morgan fingerprint density at radius 1 is 1.15 bits per heavy atom. The van der Waals surface area contributed by atoms with Gasteiger partial charge in [-0.2, -0.15) is 5.10 Å². The second-order valence-electron chi connectivity index (χ2n) is 5.88. The molecule has 134 valence electrons. The first-order chi connectivity index (χ1) is 12.4. The van der Waals surface area contributed by atoms with Gasteiger partial charge in [0.15, 0.2) is 0 Å². The van der Waals surface area contributed by atoms with Crippen molar-refractivity contribution in [1.82, 2.24) is 9.78 Å². The van der Waals surface area contributed by atoms with E-state index >= 15 is 0 Å².